The Kier molecular flexibility index (Phi) is 6.09. The number of phenols is 1. The normalized spacial score (nSPS) is 26.9. The number of amides is 2. The smallest absolute Gasteiger partial charge is 0.305 e. The van der Waals surface area contributed by atoms with Crippen LogP contribution in [0.25, 0.3) is 0 Å². The van der Waals surface area contributed by atoms with Crippen molar-refractivity contribution in [2.45, 2.75) is 39.0 Å². The van der Waals surface area contributed by atoms with Crippen molar-refractivity contribution >= 4 is 29.4 Å². The molecule has 37 heavy (non-hydrogen) atoms. The van der Waals surface area contributed by atoms with Crippen LogP contribution in [-0.2, 0) is 24.0 Å². The fourth-order valence-electron chi connectivity index (χ4n) is 6.24. The van der Waals surface area contributed by atoms with Gasteiger partial charge in [0.2, 0.25) is 11.8 Å². The van der Waals surface area contributed by atoms with Crippen LogP contribution < -0.4 is 4.74 Å². The summed E-state index contributed by atoms with van der Waals surface area (Å²) in [5, 5.41) is 19.3. The number of phenolic OH excluding ortho intramolecular Hbond substituents is 1. The third-order valence-electron chi connectivity index (χ3n) is 7.82. The standard InChI is InChI=1S/C28H27NO8/c1-3-37-21-11-14(4-7-19(21)30)23-15-5-6-16-24(28(36)29(27(16)35)9-8-22(32)33)17(15)12-18-25(23)20(31)10-13(2)26(18)34/h4-5,7,10-11,16-17,23-24,30H,3,6,8-9,12H2,1-2H3,(H,32,33)/t16-,17+,23-,24-/m0/s1. The van der Waals surface area contributed by atoms with E-state index in [1.807, 2.05) is 6.08 Å². The fraction of sp³-hybridized carbons (Fsp3) is 0.393. The number of likely N-dealkylation sites (tertiary alicyclic amines) is 1. The largest absolute Gasteiger partial charge is 0.504 e. The van der Waals surface area contributed by atoms with Gasteiger partial charge in [-0.25, -0.2) is 0 Å². The van der Waals surface area contributed by atoms with E-state index in [2.05, 4.69) is 0 Å². The Morgan fingerprint density at radius 2 is 1.89 bits per heavy atom. The lowest BCUT2D eigenvalue weighted by Gasteiger charge is -2.42. The number of carboxylic acids is 1. The summed E-state index contributed by atoms with van der Waals surface area (Å²) >= 11 is 0. The minimum absolute atomic E-state index is 0.0581. The van der Waals surface area contributed by atoms with Crippen molar-refractivity contribution in [2.24, 2.45) is 17.8 Å². The second-order valence-corrected chi connectivity index (χ2v) is 9.86. The average molecular weight is 506 g/mol. The number of Topliss-reactive ketones (excluding diaryl/α,β-unsaturated/α-hetero) is 1. The van der Waals surface area contributed by atoms with Gasteiger partial charge in [0.1, 0.15) is 0 Å². The van der Waals surface area contributed by atoms with Gasteiger partial charge in [0.25, 0.3) is 0 Å². The molecule has 1 heterocycles. The lowest BCUT2D eigenvalue weighted by atomic mass is 9.59. The molecule has 9 nitrogen and oxygen atoms in total. The molecule has 3 aliphatic carbocycles. The number of aliphatic carboxylic acids is 1. The van der Waals surface area contributed by atoms with Gasteiger partial charge in [0.15, 0.2) is 23.1 Å². The Morgan fingerprint density at radius 3 is 2.59 bits per heavy atom. The first-order valence-corrected chi connectivity index (χ1v) is 12.4. The van der Waals surface area contributed by atoms with Gasteiger partial charge in [-0.15, -0.1) is 0 Å². The number of benzene rings is 1. The quantitative estimate of drug-likeness (QED) is 0.342. The van der Waals surface area contributed by atoms with Crippen LogP contribution in [0.1, 0.15) is 44.6 Å². The zero-order valence-corrected chi connectivity index (χ0v) is 20.5. The van der Waals surface area contributed by atoms with Crippen molar-refractivity contribution in [3.63, 3.8) is 0 Å². The SMILES string of the molecule is CCOc1cc([C@H]2C3=CC[C@@H]4C(=O)N(CCC(=O)O)C(=O)[C@@H]4[C@@H]3CC3=C2C(=O)C=C(C)C3=O)ccc1O. The second-order valence-electron chi connectivity index (χ2n) is 9.86. The Labute approximate surface area is 213 Å². The first-order valence-electron chi connectivity index (χ1n) is 12.4. The van der Waals surface area contributed by atoms with Crippen LogP contribution in [0.15, 0.2) is 52.6 Å². The molecule has 0 aromatic heterocycles. The third-order valence-corrected chi connectivity index (χ3v) is 7.82. The number of nitrogens with zero attached hydrogens (tertiary/aromatic N) is 1. The van der Waals surface area contributed by atoms with Gasteiger partial charge >= 0.3 is 5.97 Å². The van der Waals surface area contributed by atoms with Crippen LogP contribution in [0.4, 0.5) is 0 Å². The van der Waals surface area contributed by atoms with Crippen molar-refractivity contribution in [3.8, 4) is 11.5 Å². The topological polar surface area (TPSA) is 138 Å². The monoisotopic (exact) mass is 505 g/mol. The van der Waals surface area contributed by atoms with Crippen molar-refractivity contribution < 1.29 is 38.9 Å². The maximum atomic E-state index is 13.5. The summed E-state index contributed by atoms with van der Waals surface area (Å²) < 4.78 is 5.56. The van der Waals surface area contributed by atoms with E-state index in [9.17, 15) is 29.1 Å². The van der Waals surface area contributed by atoms with Crippen LogP contribution in [-0.4, -0.2) is 57.6 Å². The van der Waals surface area contributed by atoms with Crippen molar-refractivity contribution in [1.29, 1.82) is 0 Å². The number of aromatic hydroxyl groups is 1. The molecule has 0 spiro atoms. The number of fused-ring (bicyclic) bond motifs is 3. The zero-order valence-electron chi connectivity index (χ0n) is 20.5. The summed E-state index contributed by atoms with van der Waals surface area (Å²) in [4.78, 5) is 65.2. The number of imide groups is 1. The summed E-state index contributed by atoms with van der Waals surface area (Å²) in [6, 6.07) is 4.80. The van der Waals surface area contributed by atoms with Crippen molar-refractivity contribution in [2.75, 3.05) is 13.2 Å². The highest BCUT2D eigenvalue weighted by Gasteiger charge is 2.56. The molecule has 1 aromatic carbocycles. The average Bonchev–Trinajstić information content (AvgIpc) is 3.11. The summed E-state index contributed by atoms with van der Waals surface area (Å²) in [6.45, 7) is 3.48. The first kappa shape index (κ1) is 24.7. The van der Waals surface area contributed by atoms with E-state index in [1.165, 1.54) is 12.1 Å². The molecule has 1 aromatic rings. The Morgan fingerprint density at radius 1 is 1.14 bits per heavy atom. The summed E-state index contributed by atoms with van der Waals surface area (Å²) in [7, 11) is 0. The van der Waals surface area contributed by atoms with Gasteiger partial charge in [-0.1, -0.05) is 17.7 Å². The van der Waals surface area contributed by atoms with E-state index < -0.39 is 41.5 Å². The van der Waals surface area contributed by atoms with Crippen LogP contribution in [0.3, 0.4) is 0 Å². The highest BCUT2D eigenvalue weighted by atomic mass is 16.5. The summed E-state index contributed by atoms with van der Waals surface area (Å²) in [5.74, 6) is -4.81. The van der Waals surface area contributed by atoms with Crippen molar-refractivity contribution in [1.82, 2.24) is 4.90 Å². The molecule has 9 heteroatoms. The number of allylic oxidation sites excluding steroid dienone is 6. The lowest BCUT2D eigenvalue weighted by molar-refractivity contribution is -0.142. The van der Waals surface area contributed by atoms with Gasteiger partial charge < -0.3 is 14.9 Å². The number of carbonyl (C=O) groups excluding carboxylic acids is 4. The minimum Gasteiger partial charge on any atom is -0.504 e. The molecule has 192 valence electrons. The van der Waals surface area contributed by atoms with E-state index >= 15 is 0 Å². The molecule has 0 bridgehead atoms. The Hall–Kier alpha value is -4.01. The molecule has 2 amide bonds. The number of carbonyl (C=O) groups is 5. The van der Waals surface area contributed by atoms with Gasteiger partial charge in [0, 0.05) is 29.2 Å². The third kappa shape index (κ3) is 3.89. The predicted molar refractivity (Wildman–Crippen MR) is 130 cm³/mol. The lowest BCUT2D eigenvalue weighted by Crippen LogP contribution is -2.40. The minimum atomic E-state index is -1.10. The highest BCUT2D eigenvalue weighted by Crippen LogP contribution is 2.55. The van der Waals surface area contributed by atoms with E-state index in [1.54, 1.807) is 26.0 Å². The summed E-state index contributed by atoms with van der Waals surface area (Å²) in [5.41, 5.74) is 2.43. The number of hydrogen-bond acceptors (Lipinski definition) is 7. The molecule has 0 saturated carbocycles. The van der Waals surface area contributed by atoms with Crippen molar-refractivity contribution in [3.05, 3.63) is 58.2 Å². The van der Waals surface area contributed by atoms with Gasteiger partial charge in [0.05, 0.1) is 24.9 Å². The van der Waals surface area contributed by atoms with Gasteiger partial charge in [-0.05, 0) is 56.4 Å². The number of rotatable bonds is 6. The molecule has 4 aliphatic rings. The maximum Gasteiger partial charge on any atom is 0.305 e. The molecular formula is C28H27NO8. The summed E-state index contributed by atoms with van der Waals surface area (Å²) in [6.07, 6.45) is 3.31. The maximum absolute atomic E-state index is 13.5. The van der Waals surface area contributed by atoms with Crippen LogP contribution in [0.2, 0.25) is 0 Å². The molecule has 4 atom stereocenters. The van der Waals surface area contributed by atoms with Gasteiger partial charge in [-0.2, -0.15) is 0 Å². The second kappa shape index (κ2) is 9.14. The number of carboxylic acid groups (broad SMARTS) is 1. The molecule has 1 aliphatic heterocycles. The zero-order chi connectivity index (χ0) is 26.6. The van der Waals surface area contributed by atoms with E-state index in [-0.39, 0.29) is 48.9 Å². The van der Waals surface area contributed by atoms with Crippen LogP contribution in [0.5, 0.6) is 11.5 Å². The van der Waals surface area contributed by atoms with Gasteiger partial charge in [-0.3, -0.25) is 28.9 Å². The molecule has 1 fully saturated rings. The molecular weight excluding hydrogens is 478 g/mol. The van der Waals surface area contributed by atoms with Crippen LogP contribution >= 0.6 is 0 Å². The van der Waals surface area contributed by atoms with E-state index in [0.29, 0.717) is 28.9 Å². The first-order chi connectivity index (χ1) is 17.6. The van der Waals surface area contributed by atoms with E-state index in [0.717, 1.165) is 10.5 Å². The molecule has 2 N–H and O–H groups in total. The number of ketones is 2. The molecule has 5 rings (SSSR count). The number of ether oxygens (including phenoxy) is 1. The Balaban J connectivity index is 1.63. The van der Waals surface area contributed by atoms with E-state index in [4.69, 9.17) is 9.84 Å². The molecule has 0 radical (unpaired) electrons. The fourth-order valence-corrected chi connectivity index (χ4v) is 6.24. The van der Waals surface area contributed by atoms with Crippen LogP contribution in [0, 0.1) is 17.8 Å². The highest BCUT2D eigenvalue weighted by molar-refractivity contribution is 6.23. The molecule has 0 unspecified atom stereocenters. The molecule has 1 saturated heterocycles. The Bertz CT molecular complexity index is 1350. The predicted octanol–water partition coefficient (Wildman–Crippen LogP) is 2.70. The number of hydrogen-bond donors (Lipinski definition) is 2.